The molecular weight excluding hydrogens is 492 g/mol. The molecule has 0 unspecified atom stereocenters. The first-order valence-corrected chi connectivity index (χ1v) is 12.4. The summed E-state index contributed by atoms with van der Waals surface area (Å²) in [5.74, 6) is 0.873. The second-order valence-corrected chi connectivity index (χ2v) is 9.23. The van der Waals surface area contributed by atoms with Crippen molar-refractivity contribution in [2.75, 3.05) is 20.8 Å². The largest absolute Gasteiger partial charge is 0.496 e. The molecule has 3 rings (SSSR count). The van der Waals surface area contributed by atoms with Gasteiger partial charge in [0.2, 0.25) is 5.91 Å². The molecule has 196 valence electrons. The van der Waals surface area contributed by atoms with Gasteiger partial charge in [-0.05, 0) is 31.0 Å². The third-order valence-electron chi connectivity index (χ3n) is 5.69. The normalized spacial score (nSPS) is 11.5. The summed E-state index contributed by atoms with van der Waals surface area (Å²) >= 11 is 6.44. The van der Waals surface area contributed by atoms with Gasteiger partial charge in [-0.25, -0.2) is 0 Å². The lowest BCUT2D eigenvalue weighted by molar-refractivity contribution is -0.143. The van der Waals surface area contributed by atoms with Crippen LogP contribution in [-0.2, 0) is 22.6 Å². The molecule has 0 aliphatic heterocycles. The van der Waals surface area contributed by atoms with E-state index in [1.165, 1.54) is 19.1 Å². The molecule has 3 aromatic rings. The van der Waals surface area contributed by atoms with Crippen LogP contribution in [0, 0.1) is 0 Å². The molecule has 8 heteroatoms. The first-order valence-electron chi connectivity index (χ1n) is 12.0. The van der Waals surface area contributed by atoms with Crippen molar-refractivity contribution in [2.45, 2.75) is 38.9 Å². The first-order chi connectivity index (χ1) is 17.8. The van der Waals surface area contributed by atoms with E-state index in [0.717, 1.165) is 11.1 Å². The maximum Gasteiger partial charge on any atom is 0.261 e. The zero-order valence-electron chi connectivity index (χ0n) is 21.6. The van der Waals surface area contributed by atoms with Gasteiger partial charge in [-0.15, -0.1) is 0 Å². The average Bonchev–Trinajstić information content (AvgIpc) is 2.90. The van der Waals surface area contributed by atoms with Crippen molar-refractivity contribution in [3.8, 4) is 17.2 Å². The predicted molar refractivity (Wildman–Crippen MR) is 144 cm³/mol. The standard InChI is InChI=1S/C29H33ClN2O5/c1-20(2)31-29(34)27(14-21-10-6-5-7-11-21)32(18-22-12-8-9-13-26(22)30)28(33)19-37-25-16-23(35-3)15-24(17-25)36-4/h5-13,15-17,20,27H,14,18-19H2,1-4H3,(H,31,34)/t27-/m1/s1. The van der Waals surface area contributed by atoms with Crippen LogP contribution in [0.25, 0.3) is 0 Å². The monoisotopic (exact) mass is 524 g/mol. The molecule has 1 N–H and O–H groups in total. The smallest absolute Gasteiger partial charge is 0.261 e. The van der Waals surface area contributed by atoms with Crippen molar-refractivity contribution in [1.29, 1.82) is 0 Å². The summed E-state index contributed by atoms with van der Waals surface area (Å²) < 4.78 is 16.4. The minimum absolute atomic E-state index is 0.0939. The Bertz CT molecular complexity index is 1160. The number of methoxy groups -OCH3 is 2. The fraction of sp³-hybridized carbons (Fsp3) is 0.310. The summed E-state index contributed by atoms with van der Waals surface area (Å²) in [4.78, 5) is 28.6. The first kappa shape index (κ1) is 27.9. The minimum Gasteiger partial charge on any atom is -0.496 e. The van der Waals surface area contributed by atoms with Crippen LogP contribution >= 0.6 is 11.6 Å². The van der Waals surface area contributed by atoms with Gasteiger partial charge in [0.15, 0.2) is 6.61 Å². The summed E-state index contributed by atoms with van der Waals surface area (Å²) in [7, 11) is 3.08. The highest BCUT2D eigenvalue weighted by atomic mass is 35.5. The van der Waals surface area contributed by atoms with Gasteiger partial charge in [-0.2, -0.15) is 0 Å². The third-order valence-corrected chi connectivity index (χ3v) is 6.06. The van der Waals surface area contributed by atoms with Gasteiger partial charge >= 0.3 is 0 Å². The highest BCUT2D eigenvalue weighted by molar-refractivity contribution is 6.31. The molecule has 0 aromatic heterocycles. The van der Waals surface area contributed by atoms with Gasteiger partial charge in [-0.3, -0.25) is 9.59 Å². The van der Waals surface area contributed by atoms with Crippen molar-refractivity contribution >= 4 is 23.4 Å². The number of carbonyl (C=O) groups is 2. The lowest BCUT2D eigenvalue weighted by Crippen LogP contribution is -2.52. The lowest BCUT2D eigenvalue weighted by atomic mass is 10.0. The third kappa shape index (κ3) is 8.15. The molecule has 0 aliphatic carbocycles. The fourth-order valence-corrected chi connectivity index (χ4v) is 4.03. The van der Waals surface area contributed by atoms with Crippen molar-refractivity contribution in [3.63, 3.8) is 0 Å². The Morgan fingerprint density at radius 3 is 2.08 bits per heavy atom. The number of nitrogens with zero attached hydrogens (tertiary/aromatic N) is 1. The summed E-state index contributed by atoms with van der Waals surface area (Å²) in [6.45, 7) is 3.63. The van der Waals surface area contributed by atoms with Gasteiger partial charge in [-0.1, -0.05) is 60.1 Å². The van der Waals surface area contributed by atoms with E-state index in [4.69, 9.17) is 25.8 Å². The van der Waals surface area contributed by atoms with E-state index in [1.54, 1.807) is 24.3 Å². The second kappa shape index (κ2) is 13.6. The van der Waals surface area contributed by atoms with Gasteiger partial charge < -0.3 is 24.4 Å². The van der Waals surface area contributed by atoms with E-state index < -0.39 is 6.04 Å². The van der Waals surface area contributed by atoms with Crippen molar-refractivity contribution in [1.82, 2.24) is 10.2 Å². The Balaban J connectivity index is 1.93. The maximum absolute atomic E-state index is 13.7. The van der Waals surface area contributed by atoms with Crippen LogP contribution in [0.4, 0.5) is 0 Å². The Hall–Kier alpha value is -3.71. The van der Waals surface area contributed by atoms with Crippen LogP contribution in [0.3, 0.4) is 0 Å². The quantitative estimate of drug-likeness (QED) is 0.364. The number of ether oxygens (including phenoxy) is 3. The number of amides is 2. The van der Waals surface area contributed by atoms with Crippen LogP contribution < -0.4 is 19.5 Å². The van der Waals surface area contributed by atoms with Gasteiger partial charge in [0, 0.05) is 42.2 Å². The number of benzene rings is 3. The van der Waals surface area contributed by atoms with Gasteiger partial charge in [0.25, 0.3) is 5.91 Å². The van der Waals surface area contributed by atoms with Gasteiger partial charge in [0.1, 0.15) is 23.3 Å². The number of hydrogen-bond donors (Lipinski definition) is 1. The number of hydrogen-bond acceptors (Lipinski definition) is 5. The molecule has 0 radical (unpaired) electrons. The Kier molecular flexibility index (Phi) is 10.2. The van der Waals surface area contributed by atoms with E-state index in [1.807, 2.05) is 62.4 Å². The molecule has 0 aliphatic rings. The zero-order valence-corrected chi connectivity index (χ0v) is 22.3. The van der Waals surface area contributed by atoms with Crippen molar-refractivity contribution < 1.29 is 23.8 Å². The number of halogens is 1. The van der Waals surface area contributed by atoms with Crippen LogP contribution in [0.5, 0.6) is 17.2 Å². The van der Waals surface area contributed by atoms with E-state index in [2.05, 4.69) is 5.32 Å². The van der Waals surface area contributed by atoms with Crippen LogP contribution in [0.15, 0.2) is 72.8 Å². The molecule has 3 aromatic carbocycles. The molecule has 0 heterocycles. The molecule has 0 saturated carbocycles. The topological polar surface area (TPSA) is 77.1 Å². The maximum atomic E-state index is 13.7. The molecule has 7 nitrogen and oxygen atoms in total. The number of carbonyl (C=O) groups excluding carboxylic acids is 2. The highest BCUT2D eigenvalue weighted by Gasteiger charge is 2.31. The minimum atomic E-state index is -0.781. The van der Waals surface area contributed by atoms with E-state index in [-0.39, 0.29) is 31.0 Å². The molecular formula is C29H33ClN2O5. The predicted octanol–water partition coefficient (Wildman–Crippen LogP) is 4.90. The molecule has 0 saturated heterocycles. The molecule has 0 bridgehead atoms. The van der Waals surface area contributed by atoms with Crippen molar-refractivity contribution in [2.24, 2.45) is 0 Å². The second-order valence-electron chi connectivity index (χ2n) is 8.82. The highest BCUT2D eigenvalue weighted by Crippen LogP contribution is 2.28. The van der Waals surface area contributed by atoms with E-state index in [9.17, 15) is 9.59 Å². The van der Waals surface area contributed by atoms with Crippen LogP contribution in [0.2, 0.25) is 5.02 Å². The summed E-state index contributed by atoms with van der Waals surface area (Å²) in [5, 5.41) is 3.48. The van der Waals surface area contributed by atoms with E-state index >= 15 is 0 Å². The van der Waals surface area contributed by atoms with Crippen LogP contribution in [0.1, 0.15) is 25.0 Å². The van der Waals surface area contributed by atoms with E-state index in [0.29, 0.717) is 28.7 Å². The molecule has 37 heavy (non-hydrogen) atoms. The summed E-state index contributed by atoms with van der Waals surface area (Å²) in [5.41, 5.74) is 1.66. The van der Waals surface area contributed by atoms with Crippen LogP contribution in [-0.4, -0.2) is 49.6 Å². The number of rotatable bonds is 12. The van der Waals surface area contributed by atoms with Gasteiger partial charge in [0.05, 0.1) is 14.2 Å². The summed E-state index contributed by atoms with van der Waals surface area (Å²) in [6.07, 6.45) is 0.336. The molecule has 0 spiro atoms. The summed E-state index contributed by atoms with van der Waals surface area (Å²) in [6, 6.07) is 21.1. The average molecular weight is 525 g/mol. The molecule has 0 fully saturated rings. The Morgan fingerprint density at radius 2 is 1.49 bits per heavy atom. The Labute approximate surface area is 223 Å². The lowest BCUT2D eigenvalue weighted by Gasteiger charge is -2.32. The SMILES string of the molecule is COc1cc(OC)cc(OCC(=O)N(Cc2ccccc2Cl)[C@H](Cc2ccccc2)C(=O)NC(C)C)c1. The Morgan fingerprint density at radius 1 is 0.892 bits per heavy atom. The zero-order chi connectivity index (χ0) is 26.8. The number of nitrogens with one attached hydrogen (secondary N) is 1. The fourth-order valence-electron chi connectivity index (χ4n) is 3.84. The molecule has 1 atom stereocenters. The van der Waals surface area contributed by atoms with Crippen molar-refractivity contribution in [3.05, 3.63) is 88.9 Å². The molecule has 2 amide bonds.